The number of unbranched alkanes of at least 4 members (excludes halogenated alkanes) is 2. The summed E-state index contributed by atoms with van der Waals surface area (Å²) in [6.45, 7) is 7.54. The summed E-state index contributed by atoms with van der Waals surface area (Å²) in [5, 5.41) is 4.94. The third kappa shape index (κ3) is 3.57. The molecule has 0 spiro atoms. The Bertz CT molecular complexity index is 548. The number of aryl methyl sites for hydroxylation is 1. The van der Waals surface area contributed by atoms with Gasteiger partial charge in [0.05, 0.1) is 5.52 Å². The van der Waals surface area contributed by atoms with Crippen molar-refractivity contribution in [3.8, 4) is 0 Å². The van der Waals surface area contributed by atoms with Gasteiger partial charge in [0.25, 0.3) is 0 Å². The highest BCUT2D eigenvalue weighted by molar-refractivity contribution is 5.82. The molecule has 1 unspecified atom stereocenters. The van der Waals surface area contributed by atoms with Crippen LogP contribution in [0.4, 0.5) is 0 Å². The lowest BCUT2D eigenvalue weighted by molar-refractivity contribution is 0.489. The van der Waals surface area contributed by atoms with Crippen LogP contribution >= 0.6 is 0 Å². The lowest BCUT2D eigenvalue weighted by atomic mass is 9.96. The van der Waals surface area contributed by atoms with Gasteiger partial charge in [0, 0.05) is 17.1 Å². The molecule has 20 heavy (non-hydrogen) atoms. The first kappa shape index (κ1) is 15.0. The van der Waals surface area contributed by atoms with Gasteiger partial charge in [0.2, 0.25) is 0 Å². The summed E-state index contributed by atoms with van der Waals surface area (Å²) in [5.41, 5.74) is 3.63. The van der Waals surface area contributed by atoms with Crippen LogP contribution in [0.25, 0.3) is 10.9 Å². The number of nitrogens with one attached hydrogen (secondary N) is 1. The molecule has 0 aliphatic carbocycles. The second-order valence-electron chi connectivity index (χ2n) is 5.48. The van der Waals surface area contributed by atoms with E-state index in [1.807, 2.05) is 0 Å². The van der Waals surface area contributed by atoms with Gasteiger partial charge in [0.1, 0.15) is 0 Å². The van der Waals surface area contributed by atoms with Gasteiger partial charge in [-0.05, 0) is 37.6 Å². The Morgan fingerprint density at radius 1 is 1.15 bits per heavy atom. The maximum absolute atomic E-state index is 4.65. The standard InChI is InChI=1S/C18H26N2/c1-4-6-7-11-17(19-5-2)16-13-14(3)20-18-12-9-8-10-15(16)18/h8-10,12-13,17,19H,4-7,11H2,1-3H3. The monoisotopic (exact) mass is 270 g/mol. The minimum Gasteiger partial charge on any atom is -0.310 e. The first-order valence-electron chi connectivity index (χ1n) is 7.86. The van der Waals surface area contributed by atoms with Crippen molar-refractivity contribution in [1.29, 1.82) is 0 Å². The van der Waals surface area contributed by atoms with Crippen LogP contribution in [0, 0.1) is 6.92 Å². The molecule has 0 saturated carbocycles. The zero-order valence-electron chi connectivity index (χ0n) is 12.9. The van der Waals surface area contributed by atoms with Gasteiger partial charge in [-0.15, -0.1) is 0 Å². The van der Waals surface area contributed by atoms with Crippen molar-refractivity contribution in [2.24, 2.45) is 0 Å². The molecule has 108 valence electrons. The molecule has 2 rings (SSSR count). The molecule has 0 aliphatic heterocycles. The molecule has 0 aliphatic rings. The Kier molecular flexibility index (Phi) is 5.54. The summed E-state index contributed by atoms with van der Waals surface area (Å²) in [7, 11) is 0. The quantitative estimate of drug-likeness (QED) is 0.733. The highest BCUT2D eigenvalue weighted by Crippen LogP contribution is 2.27. The van der Waals surface area contributed by atoms with Gasteiger partial charge in [0.15, 0.2) is 0 Å². The minimum absolute atomic E-state index is 0.443. The maximum atomic E-state index is 4.65. The van der Waals surface area contributed by atoms with Crippen molar-refractivity contribution in [3.05, 3.63) is 41.6 Å². The number of benzene rings is 1. The number of nitrogens with zero attached hydrogens (tertiary/aromatic N) is 1. The van der Waals surface area contributed by atoms with Crippen LogP contribution in [0.2, 0.25) is 0 Å². The normalized spacial score (nSPS) is 12.8. The van der Waals surface area contributed by atoms with Crippen LogP contribution in [0.5, 0.6) is 0 Å². The Morgan fingerprint density at radius 2 is 1.95 bits per heavy atom. The van der Waals surface area contributed by atoms with Gasteiger partial charge in [-0.1, -0.05) is 51.3 Å². The number of hydrogen-bond acceptors (Lipinski definition) is 2. The van der Waals surface area contributed by atoms with Gasteiger partial charge in [-0.2, -0.15) is 0 Å². The van der Waals surface area contributed by atoms with E-state index in [9.17, 15) is 0 Å². The van der Waals surface area contributed by atoms with Crippen LogP contribution in [0.1, 0.15) is 56.8 Å². The lowest BCUT2D eigenvalue weighted by Crippen LogP contribution is -2.21. The summed E-state index contributed by atoms with van der Waals surface area (Å²) in [5.74, 6) is 0. The predicted molar refractivity (Wildman–Crippen MR) is 87.0 cm³/mol. The number of hydrogen-bond donors (Lipinski definition) is 1. The van der Waals surface area contributed by atoms with E-state index in [-0.39, 0.29) is 0 Å². The molecule has 1 aromatic heterocycles. The van der Waals surface area contributed by atoms with Crippen molar-refractivity contribution >= 4 is 10.9 Å². The molecule has 1 N–H and O–H groups in total. The summed E-state index contributed by atoms with van der Waals surface area (Å²) >= 11 is 0. The van der Waals surface area contributed by atoms with Crippen molar-refractivity contribution in [2.45, 2.75) is 52.5 Å². The van der Waals surface area contributed by atoms with Gasteiger partial charge < -0.3 is 5.32 Å². The van der Waals surface area contributed by atoms with Crippen molar-refractivity contribution in [2.75, 3.05) is 6.54 Å². The minimum atomic E-state index is 0.443. The molecular formula is C18H26N2. The smallest absolute Gasteiger partial charge is 0.0708 e. The van der Waals surface area contributed by atoms with Crippen LogP contribution < -0.4 is 5.32 Å². The third-order valence-corrected chi connectivity index (χ3v) is 3.80. The molecule has 2 heteroatoms. The summed E-state index contributed by atoms with van der Waals surface area (Å²) in [4.78, 5) is 4.65. The summed E-state index contributed by atoms with van der Waals surface area (Å²) in [6.07, 6.45) is 5.07. The van der Waals surface area contributed by atoms with E-state index in [1.165, 1.54) is 36.6 Å². The zero-order valence-corrected chi connectivity index (χ0v) is 12.9. The van der Waals surface area contributed by atoms with E-state index in [2.05, 4.69) is 61.4 Å². The lowest BCUT2D eigenvalue weighted by Gasteiger charge is -2.20. The van der Waals surface area contributed by atoms with Gasteiger partial charge in [-0.25, -0.2) is 0 Å². The van der Waals surface area contributed by atoms with E-state index >= 15 is 0 Å². The average Bonchev–Trinajstić information content (AvgIpc) is 2.45. The Labute approximate surface area is 122 Å². The first-order chi connectivity index (χ1) is 9.76. The molecule has 0 radical (unpaired) electrons. The fraction of sp³-hybridized carbons (Fsp3) is 0.500. The van der Waals surface area contributed by atoms with E-state index in [4.69, 9.17) is 0 Å². The third-order valence-electron chi connectivity index (χ3n) is 3.80. The number of aromatic nitrogens is 1. The Hall–Kier alpha value is -1.41. The molecule has 0 amide bonds. The van der Waals surface area contributed by atoms with Crippen LogP contribution in [0.3, 0.4) is 0 Å². The SMILES string of the molecule is CCCCCC(NCC)c1cc(C)nc2ccccc12. The second kappa shape index (κ2) is 7.39. The van der Waals surface area contributed by atoms with E-state index in [1.54, 1.807) is 0 Å². The molecule has 1 atom stereocenters. The fourth-order valence-electron chi connectivity index (χ4n) is 2.84. The number of fused-ring (bicyclic) bond motifs is 1. The highest BCUT2D eigenvalue weighted by atomic mass is 14.9. The summed E-state index contributed by atoms with van der Waals surface area (Å²) < 4.78 is 0. The molecule has 0 saturated heterocycles. The van der Waals surface area contributed by atoms with Crippen LogP contribution in [-0.2, 0) is 0 Å². The highest BCUT2D eigenvalue weighted by Gasteiger charge is 2.14. The van der Waals surface area contributed by atoms with E-state index < -0.39 is 0 Å². The topological polar surface area (TPSA) is 24.9 Å². The molecule has 1 heterocycles. The molecule has 0 fully saturated rings. The average molecular weight is 270 g/mol. The number of pyridine rings is 1. The van der Waals surface area contributed by atoms with Gasteiger partial charge in [-0.3, -0.25) is 4.98 Å². The number of rotatable bonds is 7. The molecule has 2 nitrogen and oxygen atoms in total. The molecule has 0 bridgehead atoms. The van der Waals surface area contributed by atoms with E-state index in [0.29, 0.717) is 6.04 Å². The molecule has 1 aromatic carbocycles. The van der Waals surface area contributed by atoms with Crippen LogP contribution in [-0.4, -0.2) is 11.5 Å². The van der Waals surface area contributed by atoms with E-state index in [0.717, 1.165) is 17.8 Å². The zero-order chi connectivity index (χ0) is 14.4. The van der Waals surface area contributed by atoms with Crippen LogP contribution in [0.15, 0.2) is 30.3 Å². The maximum Gasteiger partial charge on any atom is 0.0708 e. The second-order valence-corrected chi connectivity index (χ2v) is 5.48. The molecular weight excluding hydrogens is 244 g/mol. The number of para-hydroxylation sites is 1. The predicted octanol–water partition coefficient (Wildman–Crippen LogP) is 4.77. The van der Waals surface area contributed by atoms with Gasteiger partial charge >= 0.3 is 0 Å². The Morgan fingerprint density at radius 3 is 2.70 bits per heavy atom. The van der Waals surface area contributed by atoms with Crippen molar-refractivity contribution in [1.82, 2.24) is 10.3 Å². The van der Waals surface area contributed by atoms with Crippen molar-refractivity contribution in [3.63, 3.8) is 0 Å². The summed E-state index contributed by atoms with van der Waals surface area (Å²) in [6, 6.07) is 11.2. The largest absolute Gasteiger partial charge is 0.310 e. The fourth-order valence-corrected chi connectivity index (χ4v) is 2.84. The Balaban J connectivity index is 2.35. The van der Waals surface area contributed by atoms with Crippen molar-refractivity contribution < 1.29 is 0 Å². The molecule has 2 aromatic rings. The first-order valence-corrected chi connectivity index (χ1v) is 7.86.